The molecule has 2 aliphatic rings. The topological polar surface area (TPSA) is 21.7 Å². The van der Waals surface area contributed by atoms with Crippen LogP contribution in [0.4, 0.5) is 17.1 Å². The first kappa shape index (κ1) is 12.0. The summed E-state index contributed by atoms with van der Waals surface area (Å²) in [5, 5.41) is 0.673. The van der Waals surface area contributed by atoms with Crippen LogP contribution in [0.3, 0.4) is 0 Å². The lowest BCUT2D eigenvalue weighted by Gasteiger charge is -2.37. The lowest BCUT2D eigenvalue weighted by molar-refractivity contribution is 0.446. The van der Waals surface area contributed by atoms with Crippen molar-refractivity contribution in [2.45, 2.75) is 0 Å². The van der Waals surface area contributed by atoms with Crippen molar-refractivity contribution in [3.8, 4) is 23.0 Å². The molecule has 0 aromatic heterocycles. The minimum absolute atomic E-state index is 0.673. The zero-order chi connectivity index (χ0) is 14.7. The van der Waals surface area contributed by atoms with Gasteiger partial charge in [-0.05, 0) is 42.5 Å². The second-order valence-electron chi connectivity index (χ2n) is 5.22. The molecule has 106 valence electrons. The summed E-state index contributed by atoms with van der Waals surface area (Å²) in [6, 6.07) is 19.4. The Bertz CT molecular complexity index is 908. The number of benzene rings is 3. The van der Waals surface area contributed by atoms with Crippen LogP contribution in [0.1, 0.15) is 0 Å². The van der Waals surface area contributed by atoms with Crippen molar-refractivity contribution in [1.29, 1.82) is 0 Å². The van der Waals surface area contributed by atoms with Gasteiger partial charge in [0, 0.05) is 5.02 Å². The van der Waals surface area contributed by atoms with Gasteiger partial charge in [0.1, 0.15) is 5.69 Å². The highest BCUT2D eigenvalue weighted by atomic mass is 35.5. The van der Waals surface area contributed by atoms with Crippen LogP contribution in [-0.2, 0) is 0 Å². The molecular weight excluding hydrogens is 298 g/mol. The Morgan fingerprint density at radius 3 is 2.18 bits per heavy atom. The summed E-state index contributed by atoms with van der Waals surface area (Å²) in [7, 11) is 0. The van der Waals surface area contributed by atoms with Gasteiger partial charge in [0.2, 0.25) is 0 Å². The predicted molar refractivity (Wildman–Crippen MR) is 86.3 cm³/mol. The van der Waals surface area contributed by atoms with Gasteiger partial charge in [-0.2, -0.15) is 0 Å². The summed E-state index contributed by atoms with van der Waals surface area (Å²) in [4.78, 5) is 2.15. The molecule has 0 bridgehead atoms. The van der Waals surface area contributed by atoms with Gasteiger partial charge in [0.25, 0.3) is 0 Å². The van der Waals surface area contributed by atoms with Gasteiger partial charge < -0.3 is 9.47 Å². The van der Waals surface area contributed by atoms with Crippen molar-refractivity contribution in [2.75, 3.05) is 4.90 Å². The number of hydrogen-bond acceptors (Lipinski definition) is 3. The fourth-order valence-corrected chi connectivity index (χ4v) is 3.14. The van der Waals surface area contributed by atoms with Gasteiger partial charge in [-0.15, -0.1) is 0 Å². The molecule has 0 spiro atoms. The lowest BCUT2D eigenvalue weighted by atomic mass is 10.1. The molecule has 0 saturated heterocycles. The molecule has 2 heterocycles. The van der Waals surface area contributed by atoms with Crippen molar-refractivity contribution in [3.63, 3.8) is 0 Å². The van der Waals surface area contributed by atoms with Gasteiger partial charge in [-0.25, -0.2) is 0 Å². The maximum absolute atomic E-state index is 6.20. The van der Waals surface area contributed by atoms with E-state index >= 15 is 0 Å². The zero-order valence-corrected chi connectivity index (χ0v) is 12.2. The fourth-order valence-electron chi connectivity index (χ4n) is 2.97. The first-order valence-corrected chi connectivity index (χ1v) is 7.36. The molecule has 0 unspecified atom stereocenters. The highest BCUT2D eigenvalue weighted by Crippen LogP contribution is 2.59. The number of hydrogen-bond donors (Lipinski definition) is 0. The van der Waals surface area contributed by atoms with Crippen LogP contribution < -0.4 is 14.4 Å². The molecule has 0 saturated carbocycles. The van der Waals surface area contributed by atoms with Gasteiger partial charge in [-0.3, -0.25) is 4.90 Å². The molecule has 5 rings (SSSR count). The molecule has 0 N–H and O–H groups in total. The third-order valence-electron chi connectivity index (χ3n) is 3.89. The van der Waals surface area contributed by atoms with Crippen LogP contribution in [-0.4, -0.2) is 0 Å². The van der Waals surface area contributed by atoms with E-state index in [1.807, 2.05) is 60.7 Å². The lowest BCUT2D eigenvalue weighted by Crippen LogP contribution is -2.20. The Balaban J connectivity index is 1.87. The maximum atomic E-state index is 6.20. The quantitative estimate of drug-likeness (QED) is 0.349. The molecule has 0 fully saturated rings. The Hall–Kier alpha value is -2.65. The van der Waals surface area contributed by atoms with E-state index in [2.05, 4.69) is 4.90 Å². The monoisotopic (exact) mass is 307 g/mol. The Morgan fingerprint density at radius 2 is 1.36 bits per heavy atom. The Morgan fingerprint density at radius 1 is 0.682 bits per heavy atom. The molecule has 22 heavy (non-hydrogen) atoms. The standard InChI is InChI=1S/C18H10ClNO2/c19-11-8-9-15-13(10-11)20-12-4-1-2-5-14(12)21-16-6-3-7-17(22-15)18(16)20/h1-10H. The van der Waals surface area contributed by atoms with E-state index in [9.17, 15) is 0 Å². The molecule has 2 aliphatic heterocycles. The second-order valence-corrected chi connectivity index (χ2v) is 5.66. The molecule has 0 aliphatic carbocycles. The van der Waals surface area contributed by atoms with Crippen LogP contribution in [0.5, 0.6) is 23.0 Å². The van der Waals surface area contributed by atoms with E-state index < -0.39 is 0 Å². The van der Waals surface area contributed by atoms with E-state index in [0.717, 1.165) is 40.1 Å². The highest BCUT2D eigenvalue weighted by molar-refractivity contribution is 6.31. The van der Waals surface area contributed by atoms with Crippen molar-refractivity contribution in [2.24, 2.45) is 0 Å². The molecular formula is C18H10ClNO2. The second kappa shape index (κ2) is 4.18. The zero-order valence-electron chi connectivity index (χ0n) is 11.4. The molecule has 0 radical (unpaired) electrons. The largest absolute Gasteiger partial charge is 0.453 e. The van der Waals surface area contributed by atoms with Crippen molar-refractivity contribution in [3.05, 3.63) is 65.7 Å². The van der Waals surface area contributed by atoms with Crippen LogP contribution in [0.2, 0.25) is 5.02 Å². The fraction of sp³-hybridized carbons (Fsp3) is 0. The van der Waals surface area contributed by atoms with E-state index in [1.54, 1.807) is 0 Å². The Kier molecular flexibility index (Phi) is 2.27. The normalized spacial score (nSPS) is 13.4. The van der Waals surface area contributed by atoms with Crippen LogP contribution in [0.25, 0.3) is 0 Å². The van der Waals surface area contributed by atoms with Gasteiger partial charge in [0.15, 0.2) is 23.0 Å². The summed E-state index contributed by atoms with van der Waals surface area (Å²) in [5.41, 5.74) is 2.81. The van der Waals surface area contributed by atoms with Crippen molar-refractivity contribution >= 4 is 28.7 Å². The molecule has 0 amide bonds. The SMILES string of the molecule is Clc1ccc2c(c1)N1c3ccccc3Oc3cccc(c31)O2. The molecule has 3 nitrogen and oxygen atoms in total. The molecule has 0 atom stereocenters. The van der Waals surface area contributed by atoms with E-state index in [-0.39, 0.29) is 0 Å². The van der Waals surface area contributed by atoms with E-state index in [0.29, 0.717) is 5.02 Å². The number of ether oxygens (including phenoxy) is 2. The number of fused-ring (bicyclic) bond motifs is 4. The van der Waals surface area contributed by atoms with Gasteiger partial charge in [-0.1, -0.05) is 29.8 Å². The first-order chi connectivity index (χ1) is 10.8. The molecule has 3 aromatic rings. The maximum Gasteiger partial charge on any atom is 0.155 e. The van der Waals surface area contributed by atoms with E-state index in [1.165, 1.54) is 0 Å². The minimum atomic E-state index is 0.673. The number of rotatable bonds is 0. The third-order valence-corrected chi connectivity index (χ3v) is 4.13. The number of para-hydroxylation sites is 3. The summed E-state index contributed by atoms with van der Waals surface area (Å²) >= 11 is 6.20. The third kappa shape index (κ3) is 1.51. The van der Waals surface area contributed by atoms with Gasteiger partial charge >= 0.3 is 0 Å². The molecule has 3 aromatic carbocycles. The summed E-state index contributed by atoms with van der Waals surface area (Å²) < 4.78 is 12.0. The minimum Gasteiger partial charge on any atom is -0.453 e. The predicted octanol–water partition coefficient (Wildman–Crippen LogP) is 6.02. The number of anilines is 3. The van der Waals surface area contributed by atoms with Crippen LogP contribution in [0, 0.1) is 0 Å². The Labute approximate surface area is 132 Å². The smallest absolute Gasteiger partial charge is 0.155 e. The van der Waals surface area contributed by atoms with Crippen molar-refractivity contribution < 1.29 is 9.47 Å². The average Bonchev–Trinajstić information content (AvgIpc) is 2.55. The average molecular weight is 308 g/mol. The number of nitrogens with zero attached hydrogens (tertiary/aromatic N) is 1. The highest BCUT2D eigenvalue weighted by Gasteiger charge is 2.34. The van der Waals surface area contributed by atoms with Gasteiger partial charge in [0.05, 0.1) is 11.4 Å². The summed E-state index contributed by atoms with van der Waals surface area (Å²) in [5.74, 6) is 3.16. The summed E-state index contributed by atoms with van der Waals surface area (Å²) in [6.07, 6.45) is 0. The molecule has 4 heteroatoms. The van der Waals surface area contributed by atoms with E-state index in [4.69, 9.17) is 21.1 Å². The summed E-state index contributed by atoms with van der Waals surface area (Å²) in [6.45, 7) is 0. The van der Waals surface area contributed by atoms with Crippen LogP contribution >= 0.6 is 11.6 Å². The first-order valence-electron chi connectivity index (χ1n) is 6.99. The van der Waals surface area contributed by atoms with Crippen LogP contribution in [0.15, 0.2) is 60.7 Å². The van der Waals surface area contributed by atoms with Crippen molar-refractivity contribution in [1.82, 2.24) is 0 Å². The number of halogens is 1.